The average molecular weight is 350 g/mol. The number of aromatic hydroxyl groups is 1. The van der Waals surface area contributed by atoms with Gasteiger partial charge in [-0.2, -0.15) is 13.2 Å². The Bertz CT molecular complexity index is 957. The first-order valence-corrected chi connectivity index (χ1v) is 7.16. The average Bonchev–Trinajstić information content (AvgIpc) is 2.96. The molecule has 0 bridgehead atoms. The van der Waals surface area contributed by atoms with Crippen molar-refractivity contribution in [2.24, 2.45) is 0 Å². The van der Waals surface area contributed by atoms with Crippen molar-refractivity contribution < 1.29 is 23.0 Å². The standard InChI is InChI=1S/C17H13F3N2O3/c1-25-12-6-7-15(23)13(8-12)14-9-16(24)22(21-14)11-4-2-10(3-5-11)17(18,19)20/h2-9,21,23H,1H3. The lowest BCUT2D eigenvalue weighted by Crippen LogP contribution is -2.14. The van der Waals surface area contributed by atoms with Gasteiger partial charge in [-0.25, -0.2) is 4.68 Å². The second kappa shape index (κ2) is 6.04. The first-order chi connectivity index (χ1) is 11.8. The van der Waals surface area contributed by atoms with Crippen LogP contribution in [0, 0.1) is 0 Å². The Labute approximate surface area is 139 Å². The van der Waals surface area contributed by atoms with E-state index in [1.165, 1.54) is 37.4 Å². The van der Waals surface area contributed by atoms with Crippen LogP contribution < -0.4 is 10.3 Å². The van der Waals surface area contributed by atoms with Crippen LogP contribution in [0.3, 0.4) is 0 Å². The maximum absolute atomic E-state index is 12.6. The van der Waals surface area contributed by atoms with Crippen molar-refractivity contribution in [1.29, 1.82) is 0 Å². The summed E-state index contributed by atoms with van der Waals surface area (Å²) in [6, 6.07) is 9.93. The third kappa shape index (κ3) is 3.23. The number of ether oxygens (including phenoxy) is 1. The molecule has 0 spiro atoms. The number of alkyl halides is 3. The van der Waals surface area contributed by atoms with E-state index in [1.807, 2.05) is 0 Å². The highest BCUT2D eigenvalue weighted by Gasteiger charge is 2.30. The molecule has 2 N–H and O–H groups in total. The highest BCUT2D eigenvalue weighted by Crippen LogP contribution is 2.32. The number of aromatic amines is 1. The van der Waals surface area contributed by atoms with Crippen molar-refractivity contribution in [1.82, 2.24) is 9.78 Å². The molecular formula is C17H13F3N2O3. The lowest BCUT2D eigenvalue weighted by atomic mass is 10.1. The molecule has 0 amide bonds. The summed E-state index contributed by atoms with van der Waals surface area (Å²) < 4.78 is 44.1. The number of phenols is 1. The molecule has 5 nitrogen and oxygen atoms in total. The summed E-state index contributed by atoms with van der Waals surface area (Å²) in [7, 11) is 1.46. The molecule has 3 rings (SSSR count). The van der Waals surface area contributed by atoms with Crippen molar-refractivity contribution >= 4 is 0 Å². The SMILES string of the molecule is COc1ccc(O)c(-c2cc(=O)n(-c3ccc(C(F)(F)F)cc3)[nH]2)c1. The molecule has 1 aromatic heterocycles. The van der Waals surface area contributed by atoms with Gasteiger partial charge in [-0.05, 0) is 42.5 Å². The first-order valence-electron chi connectivity index (χ1n) is 7.16. The van der Waals surface area contributed by atoms with Crippen LogP contribution in [0.2, 0.25) is 0 Å². The van der Waals surface area contributed by atoms with Gasteiger partial charge < -0.3 is 9.84 Å². The molecule has 0 unspecified atom stereocenters. The molecule has 0 atom stereocenters. The molecule has 2 aromatic carbocycles. The number of methoxy groups -OCH3 is 1. The normalized spacial score (nSPS) is 11.5. The Kier molecular flexibility index (Phi) is 4.03. The predicted molar refractivity (Wildman–Crippen MR) is 85.0 cm³/mol. The minimum Gasteiger partial charge on any atom is -0.507 e. The van der Waals surface area contributed by atoms with Crippen molar-refractivity contribution in [3.63, 3.8) is 0 Å². The van der Waals surface area contributed by atoms with Crippen LogP contribution in [0.15, 0.2) is 53.3 Å². The molecule has 1 heterocycles. The molecule has 0 aliphatic heterocycles. The van der Waals surface area contributed by atoms with E-state index in [0.29, 0.717) is 17.0 Å². The fraction of sp³-hybridized carbons (Fsp3) is 0.118. The zero-order valence-electron chi connectivity index (χ0n) is 13.0. The van der Waals surface area contributed by atoms with Gasteiger partial charge in [0.1, 0.15) is 11.5 Å². The second-order valence-corrected chi connectivity index (χ2v) is 5.27. The molecule has 130 valence electrons. The fourth-order valence-corrected chi connectivity index (χ4v) is 2.38. The van der Waals surface area contributed by atoms with Crippen molar-refractivity contribution in [3.05, 3.63) is 64.4 Å². The van der Waals surface area contributed by atoms with Crippen LogP contribution >= 0.6 is 0 Å². The van der Waals surface area contributed by atoms with Crippen molar-refractivity contribution in [3.8, 4) is 28.4 Å². The van der Waals surface area contributed by atoms with Crippen LogP contribution in [0.5, 0.6) is 11.5 Å². The molecule has 8 heteroatoms. The molecule has 0 aliphatic rings. The Morgan fingerprint density at radius 3 is 2.36 bits per heavy atom. The topological polar surface area (TPSA) is 67.2 Å². The maximum Gasteiger partial charge on any atom is 0.416 e. The second-order valence-electron chi connectivity index (χ2n) is 5.27. The number of halogens is 3. The van der Waals surface area contributed by atoms with Crippen LogP contribution in [0.4, 0.5) is 13.2 Å². The van der Waals surface area contributed by atoms with Crippen LogP contribution in [-0.2, 0) is 6.18 Å². The molecule has 0 saturated carbocycles. The molecule has 25 heavy (non-hydrogen) atoms. The van der Waals surface area contributed by atoms with E-state index in [9.17, 15) is 23.1 Å². The third-order valence-electron chi connectivity index (χ3n) is 3.67. The maximum atomic E-state index is 12.6. The summed E-state index contributed by atoms with van der Waals surface area (Å²) in [5.41, 5.74) is -0.395. The van der Waals surface area contributed by atoms with E-state index in [0.717, 1.165) is 16.8 Å². The molecule has 0 radical (unpaired) electrons. The van der Waals surface area contributed by atoms with E-state index in [4.69, 9.17) is 4.74 Å². The third-order valence-corrected chi connectivity index (χ3v) is 3.67. The van der Waals surface area contributed by atoms with E-state index >= 15 is 0 Å². The van der Waals surface area contributed by atoms with E-state index in [2.05, 4.69) is 5.10 Å². The highest BCUT2D eigenvalue weighted by molar-refractivity contribution is 5.68. The fourth-order valence-electron chi connectivity index (χ4n) is 2.38. The van der Waals surface area contributed by atoms with Gasteiger partial charge in [0.15, 0.2) is 0 Å². The van der Waals surface area contributed by atoms with Gasteiger partial charge in [-0.15, -0.1) is 0 Å². The van der Waals surface area contributed by atoms with Gasteiger partial charge in [0, 0.05) is 11.6 Å². The van der Waals surface area contributed by atoms with Gasteiger partial charge in [0.25, 0.3) is 5.56 Å². The first kappa shape index (κ1) is 16.7. The number of hydrogen-bond donors (Lipinski definition) is 2. The molecule has 0 fully saturated rings. The van der Waals surface area contributed by atoms with Gasteiger partial charge >= 0.3 is 6.18 Å². The van der Waals surface area contributed by atoms with Gasteiger partial charge in [0.2, 0.25) is 0 Å². The van der Waals surface area contributed by atoms with Crippen molar-refractivity contribution in [2.75, 3.05) is 7.11 Å². The lowest BCUT2D eigenvalue weighted by molar-refractivity contribution is -0.137. The largest absolute Gasteiger partial charge is 0.507 e. The summed E-state index contributed by atoms with van der Waals surface area (Å²) >= 11 is 0. The molecule has 3 aromatic rings. The summed E-state index contributed by atoms with van der Waals surface area (Å²) in [5, 5.41) is 12.7. The summed E-state index contributed by atoms with van der Waals surface area (Å²) in [5.74, 6) is 0.414. The van der Waals surface area contributed by atoms with Crippen LogP contribution in [0.1, 0.15) is 5.56 Å². The summed E-state index contributed by atoms with van der Waals surface area (Å²) in [6.07, 6.45) is -4.45. The number of nitrogens with zero attached hydrogens (tertiary/aromatic N) is 1. The zero-order valence-corrected chi connectivity index (χ0v) is 13.0. The van der Waals surface area contributed by atoms with Gasteiger partial charge in [-0.3, -0.25) is 9.89 Å². The highest BCUT2D eigenvalue weighted by atomic mass is 19.4. The van der Waals surface area contributed by atoms with E-state index in [-0.39, 0.29) is 11.4 Å². The number of rotatable bonds is 3. The zero-order chi connectivity index (χ0) is 18.2. The Morgan fingerprint density at radius 2 is 1.76 bits per heavy atom. The van der Waals surface area contributed by atoms with Gasteiger partial charge in [0.05, 0.1) is 24.1 Å². The smallest absolute Gasteiger partial charge is 0.416 e. The lowest BCUT2D eigenvalue weighted by Gasteiger charge is -2.08. The molecule has 0 saturated heterocycles. The number of nitrogens with one attached hydrogen (secondary N) is 1. The minimum atomic E-state index is -4.45. The van der Waals surface area contributed by atoms with E-state index < -0.39 is 17.3 Å². The number of phenolic OH excluding ortho intramolecular Hbond substituents is 1. The van der Waals surface area contributed by atoms with Crippen molar-refractivity contribution in [2.45, 2.75) is 6.18 Å². The number of H-pyrrole nitrogens is 1. The monoisotopic (exact) mass is 350 g/mol. The van der Waals surface area contributed by atoms with Gasteiger partial charge in [-0.1, -0.05) is 0 Å². The quantitative estimate of drug-likeness (QED) is 0.759. The predicted octanol–water partition coefficient (Wildman–Crippen LogP) is 3.57. The van der Waals surface area contributed by atoms with E-state index in [1.54, 1.807) is 6.07 Å². The number of aromatic nitrogens is 2. The summed E-state index contributed by atoms with van der Waals surface area (Å²) in [4.78, 5) is 12.2. The Balaban J connectivity index is 2.03. The summed E-state index contributed by atoms with van der Waals surface area (Å²) in [6.45, 7) is 0. The Morgan fingerprint density at radius 1 is 1.08 bits per heavy atom. The Hall–Kier alpha value is -3.16. The molecular weight excluding hydrogens is 337 g/mol. The number of hydrogen-bond acceptors (Lipinski definition) is 3. The van der Waals surface area contributed by atoms with Crippen LogP contribution in [0.25, 0.3) is 16.9 Å². The van der Waals surface area contributed by atoms with Crippen LogP contribution in [-0.4, -0.2) is 22.0 Å². The molecule has 0 aliphatic carbocycles. The minimum absolute atomic E-state index is 0.0679. The number of benzene rings is 2.